The van der Waals surface area contributed by atoms with Crippen molar-refractivity contribution >= 4 is 0 Å². The Kier molecular flexibility index (Phi) is 3.32. The van der Waals surface area contributed by atoms with Gasteiger partial charge in [0.2, 0.25) is 0 Å². The van der Waals surface area contributed by atoms with Crippen molar-refractivity contribution in [3.8, 4) is 6.07 Å². The molecule has 3 nitrogen and oxygen atoms in total. The fourth-order valence-electron chi connectivity index (χ4n) is 1.27. The normalized spacial score (nSPS) is 11.3. The molecule has 0 unspecified atom stereocenters. The number of aliphatic hydroxyl groups is 1. The van der Waals surface area contributed by atoms with Crippen molar-refractivity contribution in [2.45, 2.75) is 33.4 Å². The molecular weight excluding hydrogens is 176 g/mol. The molecule has 0 spiro atoms. The molecule has 1 heterocycles. The predicted molar refractivity (Wildman–Crippen MR) is 54.4 cm³/mol. The standard InChI is InChI=1S/C11H16N2O/c1-11(2,9-12)5-7-13-6-3-4-10(13)8-14/h3-4,6,14H,5,7-8H2,1-2H3. The minimum Gasteiger partial charge on any atom is -0.390 e. The van der Waals surface area contributed by atoms with Crippen LogP contribution in [0.25, 0.3) is 0 Å². The summed E-state index contributed by atoms with van der Waals surface area (Å²) < 4.78 is 1.99. The summed E-state index contributed by atoms with van der Waals surface area (Å²) in [5, 5.41) is 17.8. The topological polar surface area (TPSA) is 49.0 Å². The van der Waals surface area contributed by atoms with E-state index in [0.29, 0.717) is 0 Å². The SMILES string of the molecule is CC(C)(C#N)CCn1cccc1CO. The Labute approximate surface area is 84.6 Å². The molecule has 0 aliphatic heterocycles. The lowest BCUT2D eigenvalue weighted by Gasteiger charge is -2.16. The van der Waals surface area contributed by atoms with Gasteiger partial charge in [0.15, 0.2) is 0 Å². The van der Waals surface area contributed by atoms with Crippen LogP contribution in [-0.4, -0.2) is 9.67 Å². The molecule has 3 heteroatoms. The molecule has 0 bridgehead atoms. The van der Waals surface area contributed by atoms with E-state index in [2.05, 4.69) is 6.07 Å². The van der Waals surface area contributed by atoms with E-state index in [1.165, 1.54) is 0 Å². The van der Waals surface area contributed by atoms with E-state index in [9.17, 15) is 0 Å². The smallest absolute Gasteiger partial charge is 0.0832 e. The fraction of sp³-hybridized carbons (Fsp3) is 0.545. The minimum absolute atomic E-state index is 0.0555. The maximum atomic E-state index is 9.01. The molecule has 76 valence electrons. The molecule has 0 aromatic carbocycles. The number of rotatable bonds is 4. The highest BCUT2D eigenvalue weighted by Gasteiger charge is 2.16. The van der Waals surface area contributed by atoms with E-state index >= 15 is 0 Å². The molecule has 0 amide bonds. The van der Waals surface area contributed by atoms with Gasteiger partial charge < -0.3 is 9.67 Å². The Balaban J connectivity index is 2.59. The first-order valence-electron chi connectivity index (χ1n) is 4.75. The molecule has 1 N–H and O–H groups in total. The summed E-state index contributed by atoms with van der Waals surface area (Å²) in [5.74, 6) is 0. The van der Waals surface area contributed by atoms with Crippen LogP contribution in [0.1, 0.15) is 26.0 Å². The predicted octanol–water partition coefficient (Wildman–Crippen LogP) is 1.92. The van der Waals surface area contributed by atoms with Crippen molar-refractivity contribution in [1.82, 2.24) is 4.57 Å². The summed E-state index contributed by atoms with van der Waals surface area (Å²) in [4.78, 5) is 0. The highest BCUT2D eigenvalue weighted by atomic mass is 16.3. The van der Waals surface area contributed by atoms with Gasteiger partial charge in [0.1, 0.15) is 0 Å². The molecule has 14 heavy (non-hydrogen) atoms. The van der Waals surface area contributed by atoms with E-state index in [1.807, 2.05) is 36.7 Å². The zero-order valence-electron chi connectivity index (χ0n) is 8.70. The van der Waals surface area contributed by atoms with Crippen molar-refractivity contribution in [2.24, 2.45) is 5.41 Å². The van der Waals surface area contributed by atoms with Gasteiger partial charge in [-0.3, -0.25) is 0 Å². The maximum absolute atomic E-state index is 9.01. The molecule has 0 atom stereocenters. The lowest BCUT2D eigenvalue weighted by Crippen LogP contribution is -2.13. The zero-order valence-corrected chi connectivity index (χ0v) is 8.70. The number of hydrogen-bond donors (Lipinski definition) is 1. The number of aryl methyl sites for hydroxylation is 1. The molecule has 0 aliphatic rings. The van der Waals surface area contributed by atoms with Crippen LogP contribution in [0.3, 0.4) is 0 Å². The summed E-state index contributed by atoms with van der Waals surface area (Å²) in [6.45, 7) is 4.69. The van der Waals surface area contributed by atoms with Crippen molar-refractivity contribution in [1.29, 1.82) is 5.26 Å². The Bertz CT molecular complexity index is 333. The molecule has 0 radical (unpaired) electrons. The van der Waals surface area contributed by atoms with Crippen LogP contribution in [-0.2, 0) is 13.2 Å². The monoisotopic (exact) mass is 192 g/mol. The first kappa shape index (κ1) is 10.8. The van der Waals surface area contributed by atoms with Crippen LogP contribution in [0.15, 0.2) is 18.3 Å². The fourth-order valence-corrected chi connectivity index (χ4v) is 1.27. The van der Waals surface area contributed by atoms with Crippen molar-refractivity contribution < 1.29 is 5.11 Å². The van der Waals surface area contributed by atoms with Crippen LogP contribution >= 0.6 is 0 Å². The number of nitrogens with zero attached hydrogens (tertiary/aromatic N) is 2. The van der Waals surface area contributed by atoms with Crippen molar-refractivity contribution in [3.05, 3.63) is 24.0 Å². The number of aliphatic hydroxyl groups excluding tert-OH is 1. The van der Waals surface area contributed by atoms with Gasteiger partial charge in [-0.05, 0) is 32.4 Å². The lowest BCUT2D eigenvalue weighted by molar-refractivity contribution is 0.268. The molecule has 1 aromatic rings. The average Bonchev–Trinajstić information content (AvgIpc) is 2.62. The van der Waals surface area contributed by atoms with E-state index in [0.717, 1.165) is 18.7 Å². The highest BCUT2D eigenvalue weighted by molar-refractivity contribution is 5.06. The molecule has 0 saturated carbocycles. The summed E-state index contributed by atoms with van der Waals surface area (Å²) in [6, 6.07) is 6.06. The van der Waals surface area contributed by atoms with E-state index in [4.69, 9.17) is 10.4 Å². The van der Waals surface area contributed by atoms with Crippen molar-refractivity contribution in [3.63, 3.8) is 0 Å². The summed E-state index contributed by atoms with van der Waals surface area (Å²) in [7, 11) is 0. The van der Waals surface area contributed by atoms with Crippen LogP contribution in [0.4, 0.5) is 0 Å². The van der Waals surface area contributed by atoms with Crippen LogP contribution in [0.5, 0.6) is 0 Å². The van der Waals surface area contributed by atoms with E-state index < -0.39 is 0 Å². The van der Waals surface area contributed by atoms with Gasteiger partial charge in [0.05, 0.1) is 18.1 Å². The molecule has 0 saturated heterocycles. The average molecular weight is 192 g/mol. The first-order chi connectivity index (χ1) is 6.59. The second-order valence-corrected chi connectivity index (χ2v) is 4.10. The van der Waals surface area contributed by atoms with Gasteiger partial charge in [-0.2, -0.15) is 5.26 Å². The maximum Gasteiger partial charge on any atom is 0.0832 e. The molecular formula is C11H16N2O. The second-order valence-electron chi connectivity index (χ2n) is 4.10. The van der Waals surface area contributed by atoms with Crippen molar-refractivity contribution in [2.75, 3.05) is 0 Å². The van der Waals surface area contributed by atoms with Crippen LogP contribution in [0, 0.1) is 16.7 Å². The Morgan fingerprint density at radius 1 is 1.57 bits per heavy atom. The molecule has 0 aliphatic carbocycles. The highest BCUT2D eigenvalue weighted by Crippen LogP contribution is 2.20. The van der Waals surface area contributed by atoms with Gasteiger partial charge in [-0.15, -0.1) is 0 Å². The number of nitriles is 1. The van der Waals surface area contributed by atoms with E-state index in [-0.39, 0.29) is 12.0 Å². The third kappa shape index (κ3) is 2.61. The Morgan fingerprint density at radius 2 is 2.29 bits per heavy atom. The van der Waals surface area contributed by atoms with Gasteiger partial charge in [0, 0.05) is 18.4 Å². The number of hydrogen-bond acceptors (Lipinski definition) is 2. The van der Waals surface area contributed by atoms with Crippen LogP contribution in [0.2, 0.25) is 0 Å². The third-order valence-corrected chi connectivity index (χ3v) is 2.37. The minimum atomic E-state index is -0.295. The van der Waals surface area contributed by atoms with Gasteiger partial charge in [0.25, 0.3) is 0 Å². The van der Waals surface area contributed by atoms with E-state index in [1.54, 1.807) is 0 Å². The lowest BCUT2D eigenvalue weighted by atomic mass is 9.91. The summed E-state index contributed by atoms with van der Waals surface area (Å²) >= 11 is 0. The largest absolute Gasteiger partial charge is 0.390 e. The van der Waals surface area contributed by atoms with Gasteiger partial charge >= 0.3 is 0 Å². The molecule has 1 aromatic heterocycles. The second kappa shape index (κ2) is 4.30. The first-order valence-corrected chi connectivity index (χ1v) is 4.75. The number of aromatic nitrogens is 1. The van der Waals surface area contributed by atoms with Gasteiger partial charge in [-0.1, -0.05) is 0 Å². The van der Waals surface area contributed by atoms with Crippen LogP contribution < -0.4 is 0 Å². The Morgan fingerprint density at radius 3 is 2.86 bits per heavy atom. The molecule has 1 rings (SSSR count). The summed E-state index contributed by atoms with van der Waals surface area (Å²) in [5.41, 5.74) is 0.607. The third-order valence-electron chi connectivity index (χ3n) is 2.37. The zero-order chi connectivity index (χ0) is 10.6. The quantitative estimate of drug-likeness (QED) is 0.792. The summed E-state index contributed by atoms with van der Waals surface area (Å²) in [6.07, 6.45) is 2.73. The van der Waals surface area contributed by atoms with Gasteiger partial charge in [-0.25, -0.2) is 0 Å². The Hall–Kier alpha value is -1.27. The molecule has 0 fully saturated rings.